The van der Waals surface area contributed by atoms with Gasteiger partial charge in [-0.1, -0.05) is 6.07 Å². The molecule has 0 unspecified atom stereocenters. The average molecular weight is 271 g/mol. The SMILES string of the molecule is CSC1=CC2=C(c3ccccn3)C=C(SC)C2=C1. The van der Waals surface area contributed by atoms with E-state index in [0.29, 0.717) is 0 Å². The predicted molar refractivity (Wildman–Crippen MR) is 82.4 cm³/mol. The van der Waals surface area contributed by atoms with Gasteiger partial charge >= 0.3 is 0 Å². The smallest absolute Gasteiger partial charge is 0.0708 e. The molecule has 1 aromatic heterocycles. The first-order valence-corrected chi connectivity index (χ1v) is 8.18. The fourth-order valence-corrected chi connectivity index (χ4v) is 3.31. The molecule has 2 aliphatic rings. The Morgan fingerprint density at radius 3 is 2.50 bits per heavy atom. The second-order valence-corrected chi connectivity index (χ2v) is 5.79. The predicted octanol–water partition coefficient (Wildman–Crippen LogP) is 4.28. The van der Waals surface area contributed by atoms with Gasteiger partial charge in [-0.2, -0.15) is 0 Å². The summed E-state index contributed by atoms with van der Waals surface area (Å²) >= 11 is 3.59. The van der Waals surface area contributed by atoms with Crippen LogP contribution < -0.4 is 0 Å². The molecule has 0 saturated heterocycles. The minimum Gasteiger partial charge on any atom is -0.256 e. The van der Waals surface area contributed by atoms with E-state index < -0.39 is 0 Å². The number of thioether (sulfide) groups is 2. The average Bonchev–Trinajstić information content (AvgIpc) is 2.97. The number of hydrogen-bond donors (Lipinski definition) is 0. The van der Waals surface area contributed by atoms with E-state index in [1.807, 2.05) is 18.3 Å². The standard InChI is InChI=1S/C15H13NS2/c1-17-10-7-11-12(14-5-3-4-6-16-14)9-15(18-2)13(11)8-10/h3-9H,1-2H3. The molecule has 0 amide bonds. The Kier molecular flexibility index (Phi) is 3.18. The maximum absolute atomic E-state index is 4.47. The minimum absolute atomic E-state index is 1.06. The number of nitrogens with zero attached hydrogens (tertiary/aromatic N) is 1. The first-order chi connectivity index (χ1) is 8.83. The van der Waals surface area contributed by atoms with E-state index in [-0.39, 0.29) is 0 Å². The van der Waals surface area contributed by atoms with E-state index in [2.05, 4.69) is 41.8 Å². The topological polar surface area (TPSA) is 12.9 Å². The minimum atomic E-state index is 1.06. The molecular formula is C15H13NS2. The van der Waals surface area contributed by atoms with Crippen molar-refractivity contribution >= 4 is 29.1 Å². The van der Waals surface area contributed by atoms with Crippen molar-refractivity contribution in [3.63, 3.8) is 0 Å². The van der Waals surface area contributed by atoms with Crippen LogP contribution in [0.4, 0.5) is 0 Å². The highest BCUT2D eigenvalue weighted by molar-refractivity contribution is 8.03. The molecule has 0 fully saturated rings. The Labute approximate surface area is 116 Å². The lowest BCUT2D eigenvalue weighted by Crippen LogP contribution is -1.86. The van der Waals surface area contributed by atoms with Gasteiger partial charge in [-0.15, -0.1) is 23.5 Å². The summed E-state index contributed by atoms with van der Waals surface area (Å²) in [7, 11) is 0. The van der Waals surface area contributed by atoms with Gasteiger partial charge in [-0.25, -0.2) is 0 Å². The quantitative estimate of drug-likeness (QED) is 0.814. The molecule has 18 heavy (non-hydrogen) atoms. The zero-order valence-electron chi connectivity index (χ0n) is 10.3. The van der Waals surface area contributed by atoms with Gasteiger partial charge in [0.2, 0.25) is 0 Å². The molecule has 0 spiro atoms. The second-order valence-electron chi connectivity index (χ2n) is 4.06. The van der Waals surface area contributed by atoms with Crippen LogP contribution in [0.15, 0.2) is 63.6 Å². The van der Waals surface area contributed by atoms with Crippen molar-refractivity contribution in [1.29, 1.82) is 0 Å². The maximum Gasteiger partial charge on any atom is 0.0708 e. The molecule has 1 aromatic rings. The highest BCUT2D eigenvalue weighted by Gasteiger charge is 2.25. The van der Waals surface area contributed by atoms with Crippen LogP contribution in [0, 0.1) is 0 Å². The van der Waals surface area contributed by atoms with Crippen LogP contribution >= 0.6 is 23.5 Å². The van der Waals surface area contributed by atoms with Gasteiger partial charge in [-0.3, -0.25) is 4.98 Å². The molecule has 3 rings (SSSR count). The Bertz CT molecular complexity index is 607. The molecule has 0 aliphatic heterocycles. The van der Waals surface area contributed by atoms with Crippen LogP contribution in [0.3, 0.4) is 0 Å². The lowest BCUT2D eigenvalue weighted by atomic mass is 10.1. The Hall–Kier alpha value is -1.19. The van der Waals surface area contributed by atoms with Crippen molar-refractivity contribution in [2.75, 3.05) is 12.5 Å². The number of rotatable bonds is 3. The van der Waals surface area contributed by atoms with Crippen LogP contribution in [0.25, 0.3) is 5.57 Å². The third-order valence-corrected chi connectivity index (χ3v) is 4.58. The molecule has 1 nitrogen and oxygen atoms in total. The van der Waals surface area contributed by atoms with Crippen LogP contribution in [0.2, 0.25) is 0 Å². The van der Waals surface area contributed by atoms with Crippen molar-refractivity contribution in [2.24, 2.45) is 0 Å². The summed E-state index contributed by atoms with van der Waals surface area (Å²) in [5, 5.41) is 0. The lowest BCUT2D eigenvalue weighted by Gasteiger charge is -2.01. The van der Waals surface area contributed by atoms with E-state index in [4.69, 9.17) is 0 Å². The molecule has 0 bridgehead atoms. The van der Waals surface area contributed by atoms with Crippen LogP contribution in [-0.4, -0.2) is 17.5 Å². The summed E-state index contributed by atoms with van der Waals surface area (Å²) in [6, 6.07) is 6.07. The van der Waals surface area contributed by atoms with Crippen LogP contribution in [-0.2, 0) is 0 Å². The van der Waals surface area contributed by atoms with Gasteiger partial charge in [0.1, 0.15) is 0 Å². The van der Waals surface area contributed by atoms with Gasteiger partial charge in [0, 0.05) is 21.6 Å². The van der Waals surface area contributed by atoms with Gasteiger partial charge in [0.15, 0.2) is 0 Å². The first kappa shape index (κ1) is 11.9. The lowest BCUT2D eigenvalue weighted by molar-refractivity contribution is 1.28. The molecule has 2 aliphatic carbocycles. The summed E-state index contributed by atoms with van der Waals surface area (Å²) in [5.74, 6) is 0. The van der Waals surface area contributed by atoms with E-state index in [1.165, 1.54) is 26.5 Å². The summed E-state index contributed by atoms with van der Waals surface area (Å²) in [6.45, 7) is 0. The molecule has 0 aromatic carbocycles. The highest BCUT2D eigenvalue weighted by Crippen LogP contribution is 2.46. The Morgan fingerprint density at radius 2 is 1.83 bits per heavy atom. The fourth-order valence-electron chi connectivity index (χ4n) is 2.22. The molecule has 0 saturated carbocycles. The Morgan fingerprint density at radius 1 is 0.944 bits per heavy atom. The number of fused-ring (bicyclic) bond motifs is 1. The van der Waals surface area contributed by atoms with E-state index in [1.54, 1.807) is 23.5 Å². The maximum atomic E-state index is 4.47. The summed E-state index contributed by atoms with van der Waals surface area (Å²) in [6.07, 6.45) is 12.9. The second kappa shape index (κ2) is 4.82. The summed E-state index contributed by atoms with van der Waals surface area (Å²) < 4.78 is 0. The third-order valence-electron chi connectivity index (χ3n) is 3.09. The molecule has 90 valence electrons. The van der Waals surface area contributed by atoms with Crippen molar-refractivity contribution in [3.8, 4) is 0 Å². The first-order valence-electron chi connectivity index (χ1n) is 5.73. The molecular weight excluding hydrogens is 258 g/mol. The highest BCUT2D eigenvalue weighted by atomic mass is 32.2. The monoisotopic (exact) mass is 271 g/mol. The zero-order valence-corrected chi connectivity index (χ0v) is 11.9. The van der Waals surface area contributed by atoms with Crippen LogP contribution in [0.1, 0.15) is 5.69 Å². The molecule has 3 heteroatoms. The van der Waals surface area contributed by atoms with Gasteiger partial charge in [0.05, 0.1) is 5.69 Å². The van der Waals surface area contributed by atoms with E-state index in [0.717, 1.165) is 5.69 Å². The largest absolute Gasteiger partial charge is 0.256 e. The Balaban J connectivity index is 2.13. The fraction of sp³-hybridized carbons (Fsp3) is 0.133. The normalized spacial score (nSPS) is 17.6. The molecule has 1 heterocycles. The number of aromatic nitrogens is 1. The van der Waals surface area contributed by atoms with Gasteiger partial charge < -0.3 is 0 Å². The van der Waals surface area contributed by atoms with E-state index >= 15 is 0 Å². The third kappa shape index (κ3) is 1.88. The van der Waals surface area contributed by atoms with Crippen molar-refractivity contribution in [2.45, 2.75) is 0 Å². The van der Waals surface area contributed by atoms with Crippen LogP contribution in [0.5, 0.6) is 0 Å². The van der Waals surface area contributed by atoms with Crippen molar-refractivity contribution < 1.29 is 0 Å². The summed E-state index contributed by atoms with van der Waals surface area (Å²) in [4.78, 5) is 7.13. The number of hydrogen-bond acceptors (Lipinski definition) is 3. The van der Waals surface area contributed by atoms with Gasteiger partial charge in [0.25, 0.3) is 0 Å². The molecule has 0 radical (unpaired) electrons. The van der Waals surface area contributed by atoms with E-state index in [9.17, 15) is 0 Å². The number of pyridine rings is 1. The zero-order chi connectivity index (χ0) is 12.5. The molecule has 0 atom stereocenters. The van der Waals surface area contributed by atoms with Gasteiger partial charge in [-0.05, 0) is 54.0 Å². The van der Waals surface area contributed by atoms with Crippen molar-refractivity contribution in [3.05, 3.63) is 69.3 Å². The summed E-state index contributed by atoms with van der Waals surface area (Å²) in [5.41, 5.74) is 4.98. The number of allylic oxidation sites excluding steroid dienone is 6. The molecule has 0 N–H and O–H groups in total. The van der Waals surface area contributed by atoms with Crippen molar-refractivity contribution in [1.82, 2.24) is 4.98 Å².